The summed E-state index contributed by atoms with van der Waals surface area (Å²) in [7, 11) is 0. The molecule has 8 nitrogen and oxygen atoms in total. The first kappa shape index (κ1) is 22.5. The number of fused-ring (bicyclic) bond motifs is 1. The number of carbonyl (C=O) groups excluding carboxylic acids is 2. The van der Waals surface area contributed by atoms with Gasteiger partial charge in [-0.3, -0.25) is 14.5 Å². The van der Waals surface area contributed by atoms with E-state index in [1.54, 1.807) is 11.3 Å². The Morgan fingerprint density at radius 1 is 1.09 bits per heavy atom. The minimum atomic E-state index is -0.698. The second-order valence-corrected chi connectivity index (χ2v) is 9.89. The van der Waals surface area contributed by atoms with Crippen LogP contribution in [0.2, 0.25) is 0 Å². The molecule has 4 N–H and O–H groups in total. The standard InChI is InChI=1S/C24H23N5O3S2/c25-21(30)20-23(28-22(31)17-12-19(33-14-17)13-29-7-9-32-10-8-29)34-24(27-20)26-18-6-5-15-3-1-2-4-16(15)11-18/h1-6,11-12,14H,7-10,13H2,(H2,25,30)(H,26,27)(H,28,31). The summed E-state index contributed by atoms with van der Waals surface area (Å²) in [5.74, 6) is -0.996. The summed E-state index contributed by atoms with van der Waals surface area (Å²) in [6, 6.07) is 15.9. The van der Waals surface area contributed by atoms with Crippen molar-refractivity contribution >= 4 is 61.1 Å². The third-order valence-corrected chi connectivity index (χ3v) is 7.30. The third kappa shape index (κ3) is 5.10. The van der Waals surface area contributed by atoms with Crippen molar-refractivity contribution in [3.05, 3.63) is 70.0 Å². The SMILES string of the molecule is NC(=O)c1nc(Nc2ccc3ccccc3c2)sc1NC(=O)c1csc(CN2CCOCC2)c1. The van der Waals surface area contributed by atoms with E-state index in [-0.39, 0.29) is 11.6 Å². The molecule has 4 aromatic rings. The highest BCUT2D eigenvalue weighted by atomic mass is 32.1. The summed E-state index contributed by atoms with van der Waals surface area (Å²) >= 11 is 2.71. The first-order chi connectivity index (χ1) is 16.5. The van der Waals surface area contributed by atoms with Crippen LogP contribution in [0.25, 0.3) is 10.8 Å². The van der Waals surface area contributed by atoms with Crippen molar-refractivity contribution in [2.24, 2.45) is 5.73 Å². The number of benzene rings is 2. The third-order valence-electron chi connectivity index (χ3n) is 5.49. The minimum absolute atomic E-state index is 0.0328. The number of morpholine rings is 1. The quantitative estimate of drug-likeness (QED) is 0.354. The molecule has 1 fully saturated rings. The van der Waals surface area contributed by atoms with Crippen LogP contribution in [0, 0.1) is 0 Å². The van der Waals surface area contributed by atoms with Crippen LogP contribution in [0.1, 0.15) is 25.7 Å². The monoisotopic (exact) mass is 493 g/mol. The zero-order chi connectivity index (χ0) is 23.5. The molecule has 0 unspecified atom stereocenters. The van der Waals surface area contributed by atoms with Crippen LogP contribution in [0.3, 0.4) is 0 Å². The number of thiazole rings is 1. The lowest BCUT2D eigenvalue weighted by atomic mass is 10.1. The molecule has 1 saturated heterocycles. The van der Waals surface area contributed by atoms with Gasteiger partial charge in [0.05, 0.1) is 18.8 Å². The molecule has 2 amide bonds. The van der Waals surface area contributed by atoms with Gasteiger partial charge in [-0.25, -0.2) is 4.98 Å². The number of nitrogens with zero attached hydrogens (tertiary/aromatic N) is 2. The number of hydrogen-bond acceptors (Lipinski definition) is 8. The number of ether oxygens (including phenoxy) is 1. The lowest BCUT2D eigenvalue weighted by Crippen LogP contribution is -2.35. The van der Waals surface area contributed by atoms with Gasteiger partial charge < -0.3 is 21.1 Å². The van der Waals surface area contributed by atoms with E-state index < -0.39 is 5.91 Å². The molecule has 3 heterocycles. The number of rotatable bonds is 7. The summed E-state index contributed by atoms with van der Waals surface area (Å²) in [5, 5.41) is 10.8. The van der Waals surface area contributed by atoms with Gasteiger partial charge in [-0.2, -0.15) is 0 Å². The highest BCUT2D eigenvalue weighted by molar-refractivity contribution is 7.20. The Kier molecular flexibility index (Phi) is 6.54. The highest BCUT2D eigenvalue weighted by Gasteiger charge is 2.20. The van der Waals surface area contributed by atoms with E-state index in [0.29, 0.717) is 15.7 Å². The molecule has 1 aliphatic heterocycles. The van der Waals surface area contributed by atoms with Crippen molar-refractivity contribution in [1.29, 1.82) is 0 Å². The number of anilines is 3. The second kappa shape index (κ2) is 9.90. The number of carbonyl (C=O) groups is 2. The number of hydrogen-bond donors (Lipinski definition) is 3. The topological polar surface area (TPSA) is 110 Å². The number of aromatic nitrogens is 1. The number of thiophene rings is 1. The van der Waals surface area contributed by atoms with E-state index >= 15 is 0 Å². The Hall–Kier alpha value is -3.31. The van der Waals surface area contributed by atoms with Gasteiger partial charge in [0.1, 0.15) is 5.00 Å². The Balaban J connectivity index is 1.30. The van der Waals surface area contributed by atoms with Crippen molar-refractivity contribution < 1.29 is 14.3 Å². The Bertz CT molecular complexity index is 1340. The fourth-order valence-electron chi connectivity index (χ4n) is 3.75. The fraction of sp³-hybridized carbons (Fsp3) is 0.208. The molecule has 2 aromatic carbocycles. The smallest absolute Gasteiger partial charge is 0.270 e. The zero-order valence-corrected chi connectivity index (χ0v) is 19.9. The molecule has 0 aliphatic carbocycles. The predicted octanol–water partition coefficient (Wildman–Crippen LogP) is 4.28. The summed E-state index contributed by atoms with van der Waals surface area (Å²) < 4.78 is 5.39. The summed E-state index contributed by atoms with van der Waals surface area (Å²) in [4.78, 5) is 32.6. The summed E-state index contributed by atoms with van der Waals surface area (Å²) in [5.41, 5.74) is 6.93. The molecular formula is C24H23N5O3S2. The number of nitrogens with two attached hydrogens (primary N) is 1. The maximum Gasteiger partial charge on any atom is 0.270 e. The largest absolute Gasteiger partial charge is 0.379 e. The van der Waals surface area contributed by atoms with Gasteiger partial charge in [-0.05, 0) is 29.0 Å². The molecule has 5 rings (SSSR count). The van der Waals surface area contributed by atoms with Crippen LogP contribution < -0.4 is 16.4 Å². The Labute approximate surface area is 204 Å². The maximum atomic E-state index is 12.9. The van der Waals surface area contributed by atoms with Crippen LogP contribution in [-0.2, 0) is 11.3 Å². The van der Waals surface area contributed by atoms with Gasteiger partial charge in [0.25, 0.3) is 11.8 Å². The van der Waals surface area contributed by atoms with Crippen LogP contribution in [-0.4, -0.2) is 48.0 Å². The van der Waals surface area contributed by atoms with Crippen LogP contribution in [0.5, 0.6) is 0 Å². The Morgan fingerprint density at radius 2 is 1.88 bits per heavy atom. The first-order valence-electron chi connectivity index (χ1n) is 10.8. The average Bonchev–Trinajstić information content (AvgIpc) is 3.47. The molecule has 0 saturated carbocycles. The minimum Gasteiger partial charge on any atom is -0.379 e. The van der Waals surface area contributed by atoms with E-state index in [4.69, 9.17) is 10.5 Å². The summed E-state index contributed by atoms with van der Waals surface area (Å²) in [6.07, 6.45) is 0. The highest BCUT2D eigenvalue weighted by Crippen LogP contribution is 2.32. The van der Waals surface area contributed by atoms with Gasteiger partial charge in [0, 0.05) is 35.6 Å². The van der Waals surface area contributed by atoms with Crippen LogP contribution in [0.4, 0.5) is 15.8 Å². The normalized spacial score (nSPS) is 14.2. The molecule has 0 spiro atoms. The molecule has 0 atom stereocenters. The van der Waals surface area contributed by atoms with Crippen molar-refractivity contribution in [1.82, 2.24) is 9.88 Å². The van der Waals surface area contributed by atoms with Crippen molar-refractivity contribution in [3.63, 3.8) is 0 Å². The molecule has 0 bridgehead atoms. The number of primary amides is 1. The van der Waals surface area contributed by atoms with E-state index in [0.717, 1.165) is 54.2 Å². The predicted molar refractivity (Wildman–Crippen MR) is 136 cm³/mol. The lowest BCUT2D eigenvalue weighted by molar-refractivity contribution is 0.0346. The van der Waals surface area contributed by atoms with Crippen molar-refractivity contribution in [2.45, 2.75) is 6.54 Å². The van der Waals surface area contributed by atoms with E-state index in [2.05, 4.69) is 20.5 Å². The van der Waals surface area contributed by atoms with Crippen molar-refractivity contribution in [2.75, 3.05) is 36.9 Å². The molecule has 1 aliphatic rings. The molecule has 10 heteroatoms. The van der Waals surface area contributed by atoms with Crippen LogP contribution >= 0.6 is 22.7 Å². The van der Waals surface area contributed by atoms with E-state index in [1.165, 1.54) is 11.3 Å². The van der Waals surface area contributed by atoms with Gasteiger partial charge in [0.15, 0.2) is 10.8 Å². The van der Waals surface area contributed by atoms with E-state index in [9.17, 15) is 9.59 Å². The fourth-order valence-corrected chi connectivity index (χ4v) is 5.54. The second-order valence-electron chi connectivity index (χ2n) is 7.89. The molecule has 0 radical (unpaired) electrons. The van der Waals surface area contributed by atoms with Gasteiger partial charge in [-0.15, -0.1) is 11.3 Å². The number of amides is 2. The van der Waals surface area contributed by atoms with Gasteiger partial charge >= 0.3 is 0 Å². The van der Waals surface area contributed by atoms with Gasteiger partial charge in [0.2, 0.25) is 0 Å². The average molecular weight is 494 g/mol. The van der Waals surface area contributed by atoms with Crippen LogP contribution in [0.15, 0.2) is 53.9 Å². The van der Waals surface area contributed by atoms with E-state index in [1.807, 2.05) is 53.9 Å². The first-order valence-corrected chi connectivity index (χ1v) is 12.5. The van der Waals surface area contributed by atoms with Gasteiger partial charge in [-0.1, -0.05) is 41.7 Å². The summed E-state index contributed by atoms with van der Waals surface area (Å²) in [6.45, 7) is 4.02. The number of nitrogens with one attached hydrogen (secondary N) is 2. The molecule has 2 aromatic heterocycles. The lowest BCUT2D eigenvalue weighted by Gasteiger charge is -2.25. The Morgan fingerprint density at radius 3 is 2.68 bits per heavy atom. The maximum absolute atomic E-state index is 12.9. The zero-order valence-electron chi connectivity index (χ0n) is 18.2. The molecular weight excluding hydrogens is 470 g/mol. The molecule has 34 heavy (non-hydrogen) atoms. The van der Waals surface area contributed by atoms with Crippen molar-refractivity contribution in [3.8, 4) is 0 Å². The molecule has 174 valence electrons.